The summed E-state index contributed by atoms with van der Waals surface area (Å²) in [5, 5.41) is 1.24. The molecule has 0 aliphatic carbocycles. The van der Waals surface area contributed by atoms with Gasteiger partial charge in [0.1, 0.15) is 0 Å². The van der Waals surface area contributed by atoms with Crippen LogP contribution in [0.25, 0.3) is 10.9 Å². The van der Waals surface area contributed by atoms with Crippen LogP contribution in [0.3, 0.4) is 0 Å². The smallest absolute Gasteiger partial charge is 0.211 e. The molecule has 1 aromatic carbocycles. The van der Waals surface area contributed by atoms with E-state index in [9.17, 15) is 0 Å². The molecule has 1 aromatic heterocycles. The van der Waals surface area contributed by atoms with Gasteiger partial charge >= 0.3 is 0 Å². The number of hydrogen-bond donors (Lipinski definition) is 1. The summed E-state index contributed by atoms with van der Waals surface area (Å²) in [4.78, 5) is 5.50. The second-order valence-electron chi connectivity index (χ2n) is 4.74. The molecule has 1 aliphatic rings. The molecule has 1 N–H and O–H groups in total. The van der Waals surface area contributed by atoms with Crippen molar-refractivity contribution in [1.82, 2.24) is 9.88 Å². The third-order valence-electron chi connectivity index (χ3n) is 3.59. The van der Waals surface area contributed by atoms with E-state index < -0.39 is 3.79 Å². The van der Waals surface area contributed by atoms with Crippen LogP contribution in [0.15, 0.2) is 24.3 Å². The van der Waals surface area contributed by atoms with E-state index in [1.807, 2.05) is 19.2 Å². The second kappa shape index (κ2) is 4.31. The second-order valence-corrected chi connectivity index (χ2v) is 7.11. The van der Waals surface area contributed by atoms with E-state index >= 15 is 0 Å². The molecule has 0 bridgehead atoms. The molecular weight excluding hydrogens is 291 g/mol. The standard InChI is InChI=1S/C13H13Cl3N2/c1-18-7-6-9-8-4-2-3-5-10(8)17-11(9)12(18)13(14,15)16/h2-5,12,17H,6-7H2,1H3/t12-/m1/s1. The number of rotatable bonds is 0. The number of hydrogen-bond acceptors (Lipinski definition) is 1. The van der Waals surface area contributed by atoms with Crippen molar-refractivity contribution in [3.05, 3.63) is 35.5 Å². The Kier molecular flexibility index (Phi) is 3.02. The highest BCUT2D eigenvalue weighted by atomic mass is 35.6. The summed E-state index contributed by atoms with van der Waals surface area (Å²) >= 11 is 18.4. The molecule has 2 aromatic rings. The van der Waals surface area contributed by atoms with E-state index in [0.29, 0.717) is 0 Å². The van der Waals surface area contributed by atoms with E-state index in [4.69, 9.17) is 34.8 Å². The molecule has 5 heteroatoms. The summed E-state index contributed by atoms with van der Waals surface area (Å²) in [5.74, 6) is 0. The van der Waals surface area contributed by atoms with E-state index in [2.05, 4.69) is 22.0 Å². The molecule has 0 saturated heterocycles. The van der Waals surface area contributed by atoms with Gasteiger partial charge in [0, 0.05) is 23.1 Å². The van der Waals surface area contributed by atoms with Gasteiger partial charge < -0.3 is 4.98 Å². The first-order valence-electron chi connectivity index (χ1n) is 5.85. The van der Waals surface area contributed by atoms with Gasteiger partial charge in [-0.15, -0.1) is 0 Å². The average molecular weight is 304 g/mol. The highest BCUT2D eigenvalue weighted by Crippen LogP contribution is 2.47. The predicted octanol–water partition coefficient (Wildman–Crippen LogP) is 4.07. The van der Waals surface area contributed by atoms with Crippen LogP contribution in [0.4, 0.5) is 0 Å². The number of fused-ring (bicyclic) bond motifs is 3. The number of H-pyrrole nitrogens is 1. The van der Waals surface area contributed by atoms with E-state index in [0.717, 1.165) is 24.2 Å². The molecule has 18 heavy (non-hydrogen) atoms. The first-order chi connectivity index (χ1) is 8.48. The first-order valence-corrected chi connectivity index (χ1v) is 6.98. The molecule has 0 radical (unpaired) electrons. The molecule has 96 valence electrons. The zero-order valence-corrected chi connectivity index (χ0v) is 12.1. The summed E-state index contributed by atoms with van der Waals surface area (Å²) in [6, 6.07) is 8.00. The largest absolute Gasteiger partial charge is 0.357 e. The molecule has 1 aliphatic heterocycles. The minimum Gasteiger partial charge on any atom is -0.357 e. The van der Waals surface area contributed by atoms with Crippen molar-refractivity contribution in [2.75, 3.05) is 13.6 Å². The number of benzene rings is 1. The van der Waals surface area contributed by atoms with E-state index in [1.54, 1.807) is 0 Å². The summed E-state index contributed by atoms with van der Waals surface area (Å²) < 4.78 is -1.33. The Balaban J connectivity index is 2.23. The average Bonchev–Trinajstić information content (AvgIpc) is 2.64. The van der Waals surface area contributed by atoms with Crippen LogP contribution in [0.2, 0.25) is 0 Å². The van der Waals surface area contributed by atoms with Gasteiger partial charge in [0.2, 0.25) is 3.79 Å². The molecule has 3 rings (SSSR count). The normalized spacial score (nSPS) is 21.2. The van der Waals surface area contributed by atoms with Gasteiger partial charge in [-0.1, -0.05) is 53.0 Å². The molecule has 2 heterocycles. The highest BCUT2D eigenvalue weighted by Gasteiger charge is 2.41. The van der Waals surface area contributed by atoms with Crippen molar-refractivity contribution in [3.63, 3.8) is 0 Å². The first kappa shape index (κ1) is 12.6. The maximum atomic E-state index is 6.13. The van der Waals surface area contributed by atoms with Crippen molar-refractivity contribution in [2.45, 2.75) is 16.3 Å². The molecule has 0 amide bonds. The lowest BCUT2D eigenvalue weighted by molar-refractivity contribution is 0.230. The molecule has 1 atom stereocenters. The summed E-state index contributed by atoms with van der Waals surface area (Å²) in [7, 11) is 1.99. The fourth-order valence-electron chi connectivity index (χ4n) is 2.77. The van der Waals surface area contributed by atoms with Gasteiger partial charge in [-0.25, -0.2) is 0 Å². The van der Waals surface area contributed by atoms with Crippen molar-refractivity contribution in [1.29, 1.82) is 0 Å². The monoisotopic (exact) mass is 302 g/mol. The Morgan fingerprint density at radius 1 is 1.28 bits per heavy atom. The van der Waals surface area contributed by atoms with Crippen LogP contribution in [0, 0.1) is 0 Å². The van der Waals surface area contributed by atoms with Crippen molar-refractivity contribution >= 4 is 45.7 Å². The Labute approximate surface area is 121 Å². The van der Waals surface area contributed by atoms with Gasteiger partial charge in [0.15, 0.2) is 0 Å². The maximum absolute atomic E-state index is 6.13. The summed E-state index contributed by atoms with van der Waals surface area (Å²) in [6.07, 6.45) is 0.979. The highest BCUT2D eigenvalue weighted by molar-refractivity contribution is 6.68. The Morgan fingerprint density at radius 2 is 2.00 bits per heavy atom. The molecule has 0 fully saturated rings. The van der Waals surface area contributed by atoms with Gasteiger partial charge in [0.05, 0.1) is 6.04 Å². The molecular formula is C13H13Cl3N2. The van der Waals surface area contributed by atoms with Crippen LogP contribution in [0.5, 0.6) is 0 Å². The van der Waals surface area contributed by atoms with Gasteiger partial charge in [-0.3, -0.25) is 4.90 Å². The fraction of sp³-hybridized carbons (Fsp3) is 0.385. The minimum atomic E-state index is -1.33. The maximum Gasteiger partial charge on any atom is 0.211 e. The number of halogens is 3. The van der Waals surface area contributed by atoms with E-state index in [-0.39, 0.29) is 6.04 Å². The molecule has 2 nitrogen and oxygen atoms in total. The number of aromatic amines is 1. The van der Waals surface area contributed by atoms with Crippen molar-refractivity contribution < 1.29 is 0 Å². The lowest BCUT2D eigenvalue weighted by Crippen LogP contribution is -2.39. The van der Waals surface area contributed by atoms with Gasteiger partial charge in [-0.05, 0) is 25.1 Å². The quantitative estimate of drug-likeness (QED) is 0.727. The number of para-hydroxylation sites is 1. The third-order valence-corrected chi connectivity index (χ3v) is 4.21. The van der Waals surface area contributed by atoms with E-state index in [1.165, 1.54) is 10.9 Å². The van der Waals surface area contributed by atoms with Crippen LogP contribution in [-0.2, 0) is 6.42 Å². The zero-order valence-electron chi connectivity index (χ0n) is 9.88. The zero-order chi connectivity index (χ0) is 12.9. The fourth-order valence-corrected chi connectivity index (χ4v) is 3.60. The molecule has 0 saturated carbocycles. The Hall–Kier alpha value is -0.410. The number of aromatic nitrogens is 1. The Morgan fingerprint density at radius 3 is 2.72 bits per heavy atom. The van der Waals surface area contributed by atoms with Crippen LogP contribution < -0.4 is 0 Å². The predicted molar refractivity (Wildman–Crippen MR) is 77.7 cm³/mol. The van der Waals surface area contributed by atoms with Gasteiger partial charge in [0.25, 0.3) is 0 Å². The number of nitrogens with one attached hydrogen (secondary N) is 1. The van der Waals surface area contributed by atoms with Crippen molar-refractivity contribution in [3.8, 4) is 0 Å². The minimum absolute atomic E-state index is 0.223. The summed E-state index contributed by atoms with van der Waals surface area (Å²) in [6.45, 7) is 0.896. The Bertz CT molecular complexity index is 585. The topological polar surface area (TPSA) is 19.0 Å². The number of likely N-dealkylation sites (N-methyl/N-ethyl adjacent to an activating group) is 1. The van der Waals surface area contributed by atoms with Gasteiger partial charge in [-0.2, -0.15) is 0 Å². The van der Waals surface area contributed by atoms with Crippen molar-refractivity contribution in [2.24, 2.45) is 0 Å². The van der Waals surface area contributed by atoms with Crippen LogP contribution in [0.1, 0.15) is 17.3 Å². The lowest BCUT2D eigenvalue weighted by atomic mass is 9.98. The third kappa shape index (κ3) is 1.92. The lowest BCUT2D eigenvalue weighted by Gasteiger charge is -2.36. The SMILES string of the molecule is CN1CCc2c([nH]c3ccccc23)[C@@H]1C(Cl)(Cl)Cl. The number of nitrogens with zero attached hydrogens (tertiary/aromatic N) is 1. The van der Waals surface area contributed by atoms with Crippen LogP contribution >= 0.6 is 34.8 Å². The summed E-state index contributed by atoms with van der Waals surface area (Å²) in [5.41, 5.74) is 3.42. The number of alkyl halides is 3. The van der Waals surface area contributed by atoms with Crippen LogP contribution in [-0.4, -0.2) is 27.3 Å². The molecule has 0 spiro atoms. The molecule has 0 unspecified atom stereocenters.